The van der Waals surface area contributed by atoms with Gasteiger partial charge in [0.05, 0.1) is 6.42 Å². The number of aliphatic hydroxyl groups is 1. The standard InChI is InChI=1S/C10H19NO3/c1-8(7-12)4-3-5-11-10(14)6-9(2)13/h8,12H,3-7H2,1-2H3,(H,11,14). The minimum Gasteiger partial charge on any atom is -0.396 e. The van der Waals surface area contributed by atoms with Gasteiger partial charge in [0.25, 0.3) is 0 Å². The van der Waals surface area contributed by atoms with Crippen LogP contribution in [0.15, 0.2) is 0 Å². The Bertz CT molecular complexity index is 192. The summed E-state index contributed by atoms with van der Waals surface area (Å²) in [6, 6.07) is 0. The molecule has 1 atom stereocenters. The highest BCUT2D eigenvalue weighted by Gasteiger charge is 2.04. The number of Topliss-reactive ketones (excluding diaryl/α,β-unsaturated/α-hetero) is 1. The largest absolute Gasteiger partial charge is 0.396 e. The summed E-state index contributed by atoms with van der Waals surface area (Å²) in [5, 5.41) is 11.4. The van der Waals surface area contributed by atoms with Gasteiger partial charge in [0.2, 0.25) is 5.91 Å². The molecule has 4 nitrogen and oxygen atoms in total. The summed E-state index contributed by atoms with van der Waals surface area (Å²) in [4.78, 5) is 21.5. The van der Waals surface area contributed by atoms with Crippen molar-refractivity contribution in [3.8, 4) is 0 Å². The third-order valence-electron chi connectivity index (χ3n) is 1.92. The summed E-state index contributed by atoms with van der Waals surface area (Å²) in [7, 11) is 0. The molecule has 0 aromatic heterocycles. The van der Waals surface area contributed by atoms with Crippen molar-refractivity contribution in [1.29, 1.82) is 0 Å². The molecule has 0 aromatic rings. The third-order valence-corrected chi connectivity index (χ3v) is 1.92. The molecular weight excluding hydrogens is 182 g/mol. The summed E-state index contributed by atoms with van der Waals surface area (Å²) in [5.74, 6) is -0.0555. The summed E-state index contributed by atoms with van der Waals surface area (Å²) in [6.45, 7) is 4.11. The van der Waals surface area contributed by atoms with E-state index in [9.17, 15) is 9.59 Å². The summed E-state index contributed by atoms with van der Waals surface area (Å²) < 4.78 is 0. The number of carbonyl (C=O) groups is 2. The number of ketones is 1. The first-order chi connectivity index (χ1) is 6.56. The van der Waals surface area contributed by atoms with Crippen LogP contribution in [0.3, 0.4) is 0 Å². The molecule has 0 spiro atoms. The van der Waals surface area contributed by atoms with Crippen LogP contribution in [0.2, 0.25) is 0 Å². The number of carbonyl (C=O) groups excluding carboxylic acids is 2. The molecule has 14 heavy (non-hydrogen) atoms. The maximum atomic E-state index is 11.0. The first-order valence-electron chi connectivity index (χ1n) is 4.93. The van der Waals surface area contributed by atoms with E-state index in [-0.39, 0.29) is 30.6 Å². The number of aliphatic hydroxyl groups excluding tert-OH is 1. The van der Waals surface area contributed by atoms with Gasteiger partial charge in [-0.1, -0.05) is 6.92 Å². The van der Waals surface area contributed by atoms with Crippen molar-refractivity contribution < 1.29 is 14.7 Å². The van der Waals surface area contributed by atoms with Crippen molar-refractivity contribution >= 4 is 11.7 Å². The Balaban J connectivity index is 3.36. The van der Waals surface area contributed by atoms with Crippen molar-refractivity contribution in [3.63, 3.8) is 0 Å². The monoisotopic (exact) mass is 201 g/mol. The van der Waals surface area contributed by atoms with E-state index in [0.717, 1.165) is 12.8 Å². The molecule has 1 amide bonds. The Kier molecular flexibility index (Phi) is 7.02. The predicted molar refractivity (Wildman–Crippen MR) is 53.8 cm³/mol. The van der Waals surface area contributed by atoms with Crippen molar-refractivity contribution in [3.05, 3.63) is 0 Å². The number of hydrogen-bond acceptors (Lipinski definition) is 3. The predicted octanol–water partition coefficient (Wildman–Crippen LogP) is 0.490. The maximum Gasteiger partial charge on any atom is 0.227 e. The van der Waals surface area contributed by atoms with Crippen LogP contribution in [0.1, 0.15) is 33.1 Å². The second kappa shape index (κ2) is 7.50. The lowest BCUT2D eigenvalue weighted by Crippen LogP contribution is -2.26. The van der Waals surface area contributed by atoms with E-state index < -0.39 is 0 Å². The van der Waals surface area contributed by atoms with Gasteiger partial charge in [0.1, 0.15) is 5.78 Å². The Labute approximate surface area is 84.7 Å². The molecule has 2 N–H and O–H groups in total. The molecule has 0 saturated carbocycles. The molecule has 0 saturated heterocycles. The van der Waals surface area contributed by atoms with Gasteiger partial charge in [-0.15, -0.1) is 0 Å². The third kappa shape index (κ3) is 7.73. The summed E-state index contributed by atoms with van der Waals surface area (Å²) in [5.41, 5.74) is 0. The van der Waals surface area contributed by atoms with E-state index in [1.54, 1.807) is 0 Å². The quantitative estimate of drug-likeness (QED) is 0.465. The fraction of sp³-hybridized carbons (Fsp3) is 0.800. The molecule has 0 fully saturated rings. The molecule has 0 bridgehead atoms. The van der Waals surface area contributed by atoms with Crippen LogP contribution in [-0.4, -0.2) is 29.9 Å². The van der Waals surface area contributed by atoms with Gasteiger partial charge >= 0.3 is 0 Å². The SMILES string of the molecule is CC(=O)CC(=O)NCCCC(C)CO. The molecule has 0 aliphatic carbocycles. The number of amides is 1. The van der Waals surface area contributed by atoms with Crippen molar-refractivity contribution in [2.24, 2.45) is 5.92 Å². The zero-order chi connectivity index (χ0) is 11.0. The zero-order valence-corrected chi connectivity index (χ0v) is 8.88. The molecule has 0 rings (SSSR count). The molecule has 0 aliphatic rings. The highest BCUT2D eigenvalue weighted by Crippen LogP contribution is 2.02. The highest BCUT2D eigenvalue weighted by molar-refractivity contribution is 5.96. The summed E-state index contributed by atoms with van der Waals surface area (Å²) in [6.07, 6.45) is 1.69. The Morgan fingerprint density at radius 3 is 2.57 bits per heavy atom. The van der Waals surface area contributed by atoms with E-state index in [2.05, 4.69) is 5.32 Å². The maximum absolute atomic E-state index is 11.0. The van der Waals surface area contributed by atoms with Crippen molar-refractivity contribution in [2.75, 3.05) is 13.2 Å². The Morgan fingerprint density at radius 1 is 1.43 bits per heavy atom. The minimum absolute atomic E-state index is 0.0322. The average Bonchev–Trinajstić information content (AvgIpc) is 2.10. The molecule has 0 radical (unpaired) electrons. The van der Waals surface area contributed by atoms with E-state index in [0.29, 0.717) is 6.54 Å². The molecule has 0 heterocycles. The second-order valence-electron chi connectivity index (χ2n) is 3.66. The number of nitrogens with one attached hydrogen (secondary N) is 1. The van der Waals surface area contributed by atoms with E-state index in [1.807, 2.05) is 6.92 Å². The van der Waals surface area contributed by atoms with Crippen LogP contribution < -0.4 is 5.32 Å². The molecule has 0 aliphatic heterocycles. The topological polar surface area (TPSA) is 66.4 Å². The average molecular weight is 201 g/mol. The van der Waals surface area contributed by atoms with Crippen molar-refractivity contribution in [2.45, 2.75) is 33.1 Å². The van der Waals surface area contributed by atoms with Crippen molar-refractivity contribution in [1.82, 2.24) is 5.32 Å². The lowest BCUT2D eigenvalue weighted by molar-refractivity contribution is -0.127. The highest BCUT2D eigenvalue weighted by atomic mass is 16.3. The van der Waals surface area contributed by atoms with Gasteiger partial charge in [0.15, 0.2) is 0 Å². The number of rotatable bonds is 7. The van der Waals surface area contributed by atoms with Crippen LogP contribution in [0.25, 0.3) is 0 Å². The molecule has 0 aromatic carbocycles. The fourth-order valence-electron chi connectivity index (χ4n) is 1.06. The number of hydrogen-bond donors (Lipinski definition) is 2. The first-order valence-corrected chi connectivity index (χ1v) is 4.93. The van der Waals surface area contributed by atoms with E-state index >= 15 is 0 Å². The van der Waals surface area contributed by atoms with Crippen LogP contribution in [-0.2, 0) is 9.59 Å². The second-order valence-corrected chi connectivity index (χ2v) is 3.66. The smallest absolute Gasteiger partial charge is 0.227 e. The minimum atomic E-state index is -0.214. The first kappa shape index (κ1) is 13.1. The van der Waals surface area contributed by atoms with Gasteiger partial charge < -0.3 is 10.4 Å². The lowest BCUT2D eigenvalue weighted by Gasteiger charge is -2.07. The molecular formula is C10H19NO3. The van der Waals surface area contributed by atoms with Crippen LogP contribution in [0, 0.1) is 5.92 Å². The van der Waals surface area contributed by atoms with Crippen LogP contribution in [0.4, 0.5) is 0 Å². The van der Waals surface area contributed by atoms with Gasteiger partial charge in [-0.2, -0.15) is 0 Å². The van der Waals surface area contributed by atoms with Crippen LogP contribution in [0.5, 0.6) is 0 Å². The Hall–Kier alpha value is -0.900. The zero-order valence-electron chi connectivity index (χ0n) is 8.88. The Morgan fingerprint density at radius 2 is 2.07 bits per heavy atom. The van der Waals surface area contributed by atoms with Crippen LogP contribution >= 0.6 is 0 Å². The van der Waals surface area contributed by atoms with E-state index in [4.69, 9.17) is 5.11 Å². The lowest BCUT2D eigenvalue weighted by atomic mass is 10.1. The molecule has 82 valence electrons. The normalized spacial score (nSPS) is 12.2. The molecule has 4 heteroatoms. The fourth-order valence-corrected chi connectivity index (χ4v) is 1.06. The van der Waals surface area contributed by atoms with Gasteiger partial charge in [-0.25, -0.2) is 0 Å². The summed E-state index contributed by atoms with van der Waals surface area (Å²) >= 11 is 0. The van der Waals surface area contributed by atoms with Gasteiger partial charge in [-0.3, -0.25) is 9.59 Å². The van der Waals surface area contributed by atoms with Gasteiger partial charge in [0, 0.05) is 13.2 Å². The van der Waals surface area contributed by atoms with Gasteiger partial charge in [-0.05, 0) is 25.7 Å². The molecule has 1 unspecified atom stereocenters. The van der Waals surface area contributed by atoms with E-state index in [1.165, 1.54) is 6.92 Å².